The first-order valence-corrected chi connectivity index (χ1v) is 14.3. The minimum atomic E-state index is -1.24. The molecule has 6 rings (SSSR count). The predicted octanol–water partition coefficient (Wildman–Crippen LogP) is 5.31. The van der Waals surface area contributed by atoms with Crippen molar-refractivity contribution in [2.45, 2.75) is 19.4 Å². The van der Waals surface area contributed by atoms with E-state index < -0.39 is 29.7 Å². The van der Waals surface area contributed by atoms with Gasteiger partial charge in [0.05, 0.1) is 23.8 Å². The summed E-state index contributed by atoms with van der Waals surface area (Å²) in [6.07, 6.45) is 1.75. The first-order valence-electron chi connectivity index (χ1n) is 13.5. The van der Waals surface area contributed by atoms with Crippen LogP contribution in [0.2, 0.25) is 0 Å². The Balaban J connectivity index is 1.27. The summed E-state index contributed by atoms with van der Waals surface area (Å²) in [7, 11) is 1.55. The maximum absolute atomic E-state index is 13.6. The zero-order chi connectivity index (χ0) is 31.1. The van der Waals surface area contributed by atoms with E-state index in [-0.39, 0.29) is 33.7 Å². The van der Waals surface area contributed by atoms with E-state index in [2.05, 4.69) is 16.4 Å². The second kappa shape index (κ2) is 11.2. The molecule has 2 aromatic heterocycles. The Bertz CT molecular complexity index is 2040. The lowest BCUT2D eigenvalue weighted by atomic mass is 10.0. The highest BCUT2D eigenvalue weighted by atomic mass is 32.1. The molecule has 0 bridgehead atoms. The number of rotatable bonds is 8. The number of hydrogen-bond acceptors (Lipinski definition) is 7. The normalized spacial score (nSPS) is 13.1. The molecule has 3 amide bonds. The first kappa shape index (κ1) is 28.4. The smallest absolute Gasteiger partial charge is 0.326 e. The van der Waals surface area contributed by atoms with Gasteiger partial charge in [-0.1, -0.05) is 30.3 Å². The molecule has 218 valence electrons. The van der Waals surface area contributed by atoms with Crippen molar-refractivity contribution in [3.8, 4) is 22.9 Å². The number of carboxylic acids is 1. The van der Waals surface area contributed by atoms with Crippen LogP contribution in [-0.4, -0.2) is 46.9 Å². The average Bonchev–Trinajstić information content (AvgIpc) is 3.67. The molecular weight excluding hydrogens is 580 g/mol. The molecule has 0 spiro atoms. The summed E-state index contributed by atoms with van der Waals surface area (Å²) in [6, 6.07) is 19.5. The Labute approximate surface area is 255 Å². The molecule has 0 saturated heterocycles. The largest absolute Gasteiger partial charge is 0.497 e. The fourth-order valence-corrected chi connectivity index (χ4v) is 6.54. The molecule has 3 aromatic carbocycles. The number of carbonyl (C=O) groups is 4. The molecule has 1 atom stereocenters. The second-order valence-electron chi connectivity index (χ2n) is 10.2. The molecule has 11 heteroatoms. The minimum Gasteiger partial charge on any atom is -0.497 e. The maximum atomic E-state index is 13.6. The molecule has 10 nitrogen and oxygen atoms in total. The number of methoxy groups -OCH3 is 1. The van der Waals surface area contributed by atoms with E-state index in [0.29, 0.717) is 11.3 Å². The van der Waals surface area contributed by atoms with Gasteiger partial charge in [0.2, 0.25) is 0 Å². The molecule has 3 N–H and O–H groups in total. The molecule has 0 fully saturated rings. The lowest BCUT2D eigenvalue weighted by Crippen LogP contribution is -2.42. The summed E-state index contributed by atoms with van der Waals surface area (Å²) in [5, 5.41) is 23.5. The van der Waals surface area contributed by atoms with Gasteiger partial charge in [-0.2, -0.15) is 5.26 Å². The number of amides is 3. The number of aliphatic carboxylic acids is 1. The first-order chi connectivity index (χ1) is 21.2. The number of thiophene rings is 1. The van der Waals surface area contributed by atoms with Crippen LogP contribution in [0.3, 0.4) is 0 Å². The Hall–Kier alpha value is -5.73. The van der Waals surface area contributed by atoms with Crippen LogP contribution in [0, 0.1) is 18.3 Å². The van der Waals surface area contributed by atoms with Crippen molar-refractivity contribution >= 4 is 50.9 Å². The van der Waals surface area contributed by atoms with Crippen LogP contribution in [-0.2, 0) is 11.2 Å². The number of anilines is 1. The van der Waals surface area contributed by atoms with Gasteiger partial charge >= 0.3 is 5.97 Å². The number of nitrogens with zero attached hydrogens (tertiary/aromatic N) is 2. The number of aryl methyl sites for hydroxylation is 1. The highest BCUT2D eigenvalue weighted by Gasteiger charge is 2.40. The van der Waals surface area contributed by atoms with Crippen LogP contribution in [0.25, 0.3) is 22.0 Å². The number of H-pyrrole nitrogens is 1. The third-order valence-electron chi connectivity index (χ3n) is 7.61. The van der Waals surface area contributed by atoms with E-state index in [0.717, 1.165) is 43.1 Å². The Kier molecular flexibility index (Phi) is 7.20. The highest BCUT2D eigenvalue weighted by Crippen LogP contribution is 2.44. The van der Waals surface area contributed by atoms with E-state index in [9.17, 15) is 29.5 Å². The SMILES string of the molecule is COc1ccc(-c2c(C)sc(N3C(=O)c4ccc(C(=O)NC(Cc5c[nH]c6ccccc56)C(=O)O)cc4C3=O)c2C#N)cc1. The number of carbonyl (C=O) groups excluding carboxylic acids is 3. The average molecular weight is 605 g/mol. The van der Waals surface area contributed by atoms with Crippen LogP contribution in [0.1, 0.15) is 47.1 Å². The van der Waals surface area contributed by atoms with Crippen molar-refractivity contribution < 1.29 is 29.0 Å². The summed E-state index contributed by atoms with van der Waals surface area (Å²) in [4.78, 5) is 57.1. The predicted molar refractivity (Wildman–Crippen MR) is 164 cm³/mol. The summed E-state index contributed by atoms with van der Waals surface area (Å²) in [5.74, 6) is -2.56. The minimum absolute atomic E-state index is 0.00732. The standard InChI is InChI=1S/C33H24N4O6S/c1-17-28(18-7-10-21(43-2)11-8-18)25(15-34)32(44-17)37-30(39)23-12-9-19(13-24(23)31(37)40)29(38)36-27(33(41)42)14-20-16-35-26-6-4-3-5-22(20)26/h3-13,16,27,35H,14H2,1-2H3,(H,36,38)(H,41,42). The molecule has 3 heterocycles. The zero-order valence-electron chi connectivity index (χ0n) is 23.5. The van der Waals surface area contributed by atoms with Gasteiger partial charge in [-0.15, -0.1) is 11.3 Å². The van der Waals surface area contributed by atoms with Crippen molar-refractivity contribution in [3.05, 3.63) is 106 Å². The van der Waals surface area contributed by atoms with Crippen molar-refractivity contribution in [2.75, 3.05) is 12.0 Å². The lowest BCUT2D eigenvalue weighted by Gasteiger charge is -2.14. The molecule has 1 aliphatic rings. The van der Waals surface area contributed by atoms with Crippen molar-refractivity contribution in [1.82, 2.24) is 10.3 Å². The summed E-state index contributed by atoms with van der Waals surface area (Å²) in [5.41, 5.74) is 3.21. The van der Waals surface area contributed by atoms with Crippen molar-refractivity contribution in [3.63, 3.8) is 0 Å². The van der Waals surface area contributed by atoms with E-state index in [4.69, 9.17) is 4.74 Å². The molecule has 0 radical (unpaired) electrons. The molecular formula is C33H24N4O6S. The van der Waals surface area contributed by atoms with E-state index in [1.54, 1.807) is 37.6 Å². The van der Waals surface area contributed by atoms with Gasteiger partial charge < -0.3 is 20.1 Å². The molecule has 0 aliphatic carbocycles. The van der Waals surface area contributed by atoms with Gasteiger partial charge in [0.15, 0.2) is 0 Å². The summed E-state index contributed by atoms with van der Waals surface area (Å²) >= 11 is 1.15. The zero-order valence-corrected chi connectivity index (χ0v) is 24.3. The lowest BCUT2D eigenvalue weighted by molar-refractivity contribution is -0.139. The third-order valence-corrected chi connectivity index (χ3v) is 8.70. The molecule has 44 heavy (non-hydrogen) atoms. The number of nitrogens with one attached hydrogen (secondary N) is 2. The molecule has 1 unspecified atom stereocenters. The van der Waals surface area contributed by atoms with Crippen LogP contribution >= 0.6 is 11.3 Å². The Morgan fingerprint density at radius 1 is 1.07 bits per heavy atom. The van der Waals surface area contributed by atoms with E-state index in [1.807, 2.05) is 31.2 Å². The number of para-hydroxylation sites is 1. The van der Waals surface area contributed by atoms with Gasteiger partial charge in [0.25, 0.3) is 17.7 Å². The van der Waals surface area contributed by atoms with Gasteiger partial charge in [0.1, 0.15) is 22.9 Å². The number of nitriles is 1. The van der Waals surface area contributed by atoms with Crippen molar-refractivity contribution in [2.24, 2.45) is 0 Å². The van der Waals surface area contributed by atoms with Crippen LogP contribution in [0.5, 0.6) is 5.75 Å². The molecule has 1 aliphatic heterocycles. The fourth-order valence-electron chi connectivity index (χ4n) is 5.43. The summed E-state index contributed by atoms with van der Waals surface area (Å²) in [6.45, 7) is 1.81. The molecule has 0 saturated carbocycles. The fraction of sp³-hybridized carbons (Fsp3) is 0.121. The number of fused-ring (bicyclic) bond motifs is 2. The number of benzene rings is 3. The van der Waals surface area contributed by atoms with Gasteiger partial charge in [0, 0.05) is 39.5 Å². The van der Waals surface area contributed by atoms with E-state index >= 15 is 0 Å². The van der Waals surface area contributed by atoms with Crippen LogP contribution in [0.15, 0.2) is 72.9 Å². The number of aromatic nitrogens is 1. The number of hydrogen-bond donors (Lipinski definition) is 3. The third kappa shape index (κ3) is 4.77. The number of carboxylic acid groups (broad SMARTS) is 1. The quantitative estimate of drug-likeness (QED) is 0.203. The maximum Gasteiger partial charge on any atom is 0.326 e. The van der Waals surface area contributed by atoms with Gasteiger partial charge in [-0.05, 0) is 54.4 Å². The van der Waals surface area contributed by atoms with Crippen LogP contribution < -0.4 is 15.0 Å². The van der Waals surface area contributed by atoms with Crippen LogP contribution in [0.4, 0.5) is 5.00 Å². The number of aromatic amines is 1. The monoisotopic (exact) mass is 604 g/mol. The Morgan fingerprint density at radius 3 is 2.50 bits per heavy atom. The Morgan fingerprint density at radius 2 is 1.80 bits per heavy atom. The second-order valence-corrected chi connectivity index (χ2v) is 11.4. The molecule has 5 aromatic rings. The number of imide groups is 1. The van der Waals surface area contributed by atoms with E-state index in [1.165, 1.54) is 18.2 Å². The topological polar surface area (TPSA) is 153 Å². The number of ether oxygens (including phenoxy) is 1. The van der Waals surface area contributed by atoms with Gasteiger partial charge in [-0.3, -0.25) is 14.4 Å². The van der Waals surface area contributed by atoms with Gasteiger partial charge in [-0.25, -0.2) is 9.69 Å². The van der Waals surface area contributed by atoms with Crippen molar-refractivity contribution in [1.29, 1.82) is 5.26 Å². The highest BCUT2D eigenvalue weighted by molar-refractivity contribution is 7.17. The summed E-state index contributed by atoms with van der Waals surface area (Å²) < 4.78 is 5.22.